The van der Waals surface area contributed by atoms with Gasteiger partial charge in [-0.25, -0.2) is 15.3 Å². The molecule has 3 rings (SSSR count). The third kappa shape index (κ3) is 1.78. The lowest BCUT2D eigenvalue weighted by atomic mass is 10.0. The Morgan fingerprint density at radius 1 is 1.12 bits per heavy atom. The van der Waals surface area contributed by atoms with Gasteiger partial charge in [0.25, 0.3) is 0 Å². The van der Waals surface area contributed by atoms with Gasteiger partial charge in [-0.1, -0.05) is 24.6 Å². The SMILES string of the molecule is c1ccc2nc(C3CCCC[N]3)ncc2c1. The number of benzene rings is 1. The van der Waals surface area contributed by atoms with Crippen LogP contribution in [0.2, 0.25) is 0 Å². The Hall–Kier alpha value is -1.48. The molecule has 3 nitrogen and oxygen atoms in total. The number of nitrogens with zero attached hydrogens (tertiary/aromatic N) is 3. The number of para-hydroxylation sites is 1. The van der Waals surface area contributed by atoms with Gasteiger partial charge in [-0.15, -0.1) is 0 Å². The highest BCUT2D eigenvalue weighted by Gasteiger charge is 2.18. The molecule has 1 aliphatic heterocycles. The van der Waals surface area contributed by atoms with Crippen molar-refractivity contribution >= 4 is 10.9 Å². The van der Waals surface area contributed by atoms with E-state index in [0.29, 0.717) is 0 Å². The number of rotatable bonds is 1. The highest BCUT2D eigenvalue weighted by molar-refractivity contribution is 5.77. The lowest BCUT2D eigenvalue weighted by molar-refractivity contribution is 0.390. The summed E-state index contributed by atoms with van der Waals surface area (Å²) in [5.41, 5.74) is 1.02. The molecule has 1 unspecified atom stereocenters. The first-order chi connectivity index (χ1) is 7.93. The fourth-order valence-corrected chi connectivity index (χ4v) is 2.15. The highest BCUT2D eigenvalue weighted by Crippen LogP contribution is 2.22. The van der Waals surface area contributed by atoms with Crippen LogP contribution in [-0.4, -0.2) is 16.5 Å². The van der Waals surface area contributed by atoms with E-state index in [4.69, 9.17) is 0 Å². The van der Waals surface area contributed by atoms with Crippen molar-refractivity contribution in [1.29, 1.82) is 0 Å². The third-order valence-corrected chi connectivity index (χ3v) is 3.04. The van der Waals surface area contributed by atoms with Gasteiger partial charge >= 0.3 is 0 Å². The molecule has 0 bridgehead atoms. The third-order valence-electron chi connectivity index (χ3n) is 3.04. The normalized spacial score (nSPS) is 21.1. The van der Waals surface area contributed by atoms with Crippen molar-refractivity contribution in [1.82, 2.24) is 15.3 Å². The minimum absolute atomic E-state index is 0.221. The zero-order chi connectivity index (χ0) is 10.8. The molecule has 0 saturated carbocycles. The largest absolute Gasteiger partial charge is 0.239 e. The number of hydrogen-bond donors (Lipinski definition) is 0. The van der Waals surface area contributed by atoms with Gasteiger partial charge in [-0.05, 0) is 18.9 Å². The number of hydrogen-bond acceptors (Lipinski definition) is 2. The van der Waals surface area contributed by atoms with Crippen LogP contribution in [0.1, 0.15) is 31.1 Å². The van der Waals surface area contributed by atoms with Crippen LogP contribution in [0.4, 0.5) is 0 Å². The van der Waals surface area contributed by atoms with Gasteiger partial charge in [-0.3, -0.25) is 0 Å². The van der Waals surface area contributed by atoms with E-state index in [2.05, 4.69) is 15.3 Å². The molecular formula is C13H14N3. The number of aromatic nitrogens is 2. The summed E-state index contributed by atoms with van der Waals surface area (Å²) >= 11 is 0. The molecule has 1 aromatic carbocycles. The molecule has 1 saturated heterocycles. The molecule has 1 aromatic heterocycles. The second-order valence-electron chi connectivity index (χ2n) is 4.20. The summed E-state index contributed by atoms with van der Waals surface area (Å²) in [4.78, 5) is 9.02. The monoisotopic (exact) mass is 212 g/mol. The van der Waals surface area contributed by atoms with Gasteiger partial charge in [0.1, 0.15) is 5.82 Å². The zero-order valence-corrected chi connectivity index (χ0v) is 9.13. The second-order valence-corrected chi connectivity index (χ2v) is 4.20. The van der Waals surface area contributed by atoms with Crippen LogP contribution in [-0.2, 0) is 0 Å². The van der Waals surface area contributed by atoms with E-state index < -0.39 is 0 Å². The fourth-order valence-electron chi connectivity index (χ4n) is 2.15. The molecule has 0 N–H and O–H groups in total. The standard InChI is InChI=1S/C13H14N3/c1-2-6-11-10(5-1)9-15-13(16-11)12-7-3-4-8-14-12/h1-2,5-6,9,12H,3-4,7-8H2. The fraction of sp³-hybridized carbons (Fsp3) is 0.385. The number of piperidine rings is 1. The molecule has 0 aliphatic carbocycles. The van der Waals surface area contributed by atoms with E-state index in [-0.39, 0.29) is 6.04 Å². The van der Waals surface area contributed by atoms with E-state index in [1.165, 1.54) is 12.8 Å². The molecular weight excluding hydrogens is 198 g/mol. The van der Waals surface area contributed by atoms with Crippen LogP contribution in [0.5, 0.6) is 0 Å². The van der Waals surface area contributed by atoms with Gasteiger partial charge in [0, 0.05) is 18.1 Å². The minimum atomic E-state index is 0.221. The predicted molar refractivity (Wildman–Crippen MR) is 63.1 cm³/mol. The van der Waals surface area contributed by atoms with Crippen molar-refractivity contribution < 1.29 is 0 Å². The molecule has 2 heterocycles. The van der Waals surface area contributed by atoms with Crippen LogP contribution in [0.3, 0.4) is 0 Å². The highest BCUT2D eigenvalue weighted by atomic mass is 15.0. The maximum absolute atomic E-state index is 4.59. The molecule has 1 aliphatic rings. The van der Waals surface area contributed by atoms with Crippen LogP contribution in [0.25, 0.3) is 10.9 Å². The summed E-state index contributed by atoms with van der Waals surface area (Å²) < 4.78 is 0. The van der Waals surface area contributed by atoms with Crippen LogP contribution >= 0.6 is 0 Å². The van der Waals surface area contributed by atoms with E-state index in [9.17, 15) is 0 Å². The Morgan fingerprint density at radius 2 is 2.06 bits per heavy atom. The Bertz CT molecular complexity index is 489. The van der Waals surface area contributed by atoms with Crippen molar-refractivity contribution in [3.63, 3.8) is 0 Å². The van der Waals surface area contributed by atoms with Gasteiger partial charge in [0.2, 0.25) is 0 Å². The summed E-state index contributed by atoms with van der Waals surface area (Å²) in [6.07, 6.45) is 5.45. The van der Waals surface area contributed by atoms with E-state index in [1.54, 1.807) is 0 Å². The van der Waals surface area contributed by atoms with Gasteiger partial charge in [0.05, 0.1) is 11.6 Å². The second kappa shape index (κ2) is 4.18. The summed E-state index contributed by atoms with van der Waals surface area (Å²) in [6.45, 7) is 0.959. The van der Waals surface area contributed by atoms with Crippen molar-refractivity contribution in [3.05, 3.63) is 36.3 Å². The number of fused-ring (bicyclic) bond motifs is 1. The lowest BCUT2D eigenvalue weighted by Crippen LogP contribution is -2.22. The molecule has 0 spiro atoms. The van der Waals surface area contributed by atoms with Crippen molar-refractivity contribution in [2.24, 2.45) is 0 Å². The quantitative estimate of drug-likeness (QED) is 0.728. The van der Waals surface area contributed by atoms with Crippen molar-refractivity contribution in [2.45, 2.75) is 25.3 Å². The molecule has 2 aromatic rings. The molecule has 16 heavy (non-hydrogen) atoms. The topological polar surface area (TPSA) is 39.9 Å². The summed E-state index contributed by atoms with van der Waals surface area (Å²) in [5.74, 6) is 0.887. The Balaban J connectivity index is 1.97. The van der Waals surface area contributed by atoms with Gasteiger partial charge in [-0.2, -0.15) is 0 Å². The Labute approximate surface area is 94.9 Å². The van der Waals surface area contributed by atoms with Crippen molar-refractivity contribution in [3.8, 4) is 0 Å². The molecule has 1 fully saturated rings. The predicted octanol–water partition coefficient (Wildman–Crippen LogP) is 2.46. The maximum Gasteiger partial charge on any atom is 0.147 e. The minimum Gasteiger partial charge on any atom is -0.239 e. The lowest BCUT2D eigenvalue weighted by Gasteiger charge is -2.20. The maximum atomic E-state index is 4.59. The zero-order valence-electron chi connectivity index (χ0n) is 9.13. The summed E-state index contributed by atoms with van der Waals surface area (Å²) in [5, 5.41) is 5.68. The summed E-state index contributed by atoms with van der Waals surface area (Å²) in [7, 11) is 0. The van der Waals surface area contributed by atoms with Gasteiger partial charge in [0.15, 0.2) is 0 Å². The molecule has 1 atom stereocenters. The first-order valence-corrected chi connectivity index (χ1v) is 5.82. The molecule has 1 radical (unpaired) electrons. The average molecular weight is 212 g/mol. The van der Waals surface area contributed by atoms with Crippen molar-refractivity contribution in [2.75, 3.05) is 6.54 Å². The van der Waals surface area contributed by atoms with Gasteiger partial charge < -0.3 is 0 Å². The first kappa shape index (κ1) is 9.73. The molecule has 3 heteroatoms. The van der Waals surface area contributed by atoms with Crippen LogP contribution in [0.15, 0.2) is 30.5 Å². The molecule has 0 amide bonds. The molecule has 81 valence electrons. The Kier molecular flexibility index (Phi) is 2.54. The van der Waals surface area contributed by atoms with E-state index >= 15 is 0 Å². The van der Waals surface area contributed by atoms with Crippen LogP contribution < -0.4 is 5.32 Å². The van der Waals surface area contributed by atoms with E-state index in [1.807, 2.05) is 30.5 Å². The van der Waals surface area contributed by atoms with Crippen LogP contribution in [0, 0.1) is 0 Å². The van der Waals surface area contributed by atoms with E-state index in [0.717, 1.165) is 29.7 Å². The Morgan fingerprint density at radius 3 is 2.94 bits per heavy atom. The average Bonchev–Trinajstić information content (AvgIpc) is 2.39. The summed E-state index contributed by atoms with van der Waals surface area (Å²) in [6, 6.07) is 8.31. The smallest absolute Gasteiger partial charge is 0.147 e. The first-order valence-electron chi connectivity index (χ1n) is 5.82.